The number of urea groups is 1. The quantitative estimate of drug-likeness (QED) is 0.836. The van der Waals surface area contributed by atoms with Gasteiger partial charge < -0.3 is 15.3 Å². The highest BCUT2D eigenvalue weighted by atomic mass is 16.3. The summed E-state index contributed by atoms with van der Waals surface area (Å²) in [6, 6.07) is 17.2. The number of aliphatic hydroxyl groups is 1. The topological polar surface area (TPSA) is 52.6 Å². The average Bonchev–Trinajstić information content (AvgIpc) is 3.11. The van der Waals surface area contributed by atoms with Gasteiger partial charge in [0.15, 0.2) is 0 Å². The van der Waals surface area contributed by atoms with Crippen molar-refractivity contribution < 1.29 is 9.90 Å². The molecule has 2 aromatic rings. The molecular weight excluding hydrogens is 300 g/mol. The van der Waals surface area contributed by atoms with E-state index in [0.717, 1.165) is 23.2 Å². The maximum Gasteiger partial charge on any atom is 0.321 e. The Bertz CT molecular complexity index is 762. The number of amides is 2. The number of aliphatic hydroxyl groups excluding tert-OH is 1. The Labute approximate surface area is 142 Å². The molecule has 1 saturated heterocycles. The van der Waals surface area contributed by atoms with Crippen molar-refractivity contribution in [2.24, 2.45) is 5.92 Å². The minimum absolute atomic E-state index is 0.126. The third kappa shape index (κ3) is 4.15. The van der Waals surface area contributed by atoms with Crippen molar-refractivity contribution in [1.29, 1.82) is 0 Å². The Kier molecular flexibility index (Phi) is 5.15. The second-order valence-electron chi connectivity index (χ2n) is 5.91. The third-order valence-corrected chi connectivity index (χ3v) is 4.07. The molecule has 0 bridgehead atoms. The molecule has 0 aliphatic carbocycles. The lowest BCUT2D eigenvalue weighted by atomic mass is 10.1. The molecule has 0 aromatic heterocycles. The standard InChI is InChI=1S/C20H20N2O2/c23-15-18-11-12-22(14-18)20(24)21-19-8-4-7-17(13-19)10-9-16-5-2-1-3-6-16/h1-8,13,18,23H,11-12,14-15H2,(H,21,24)/t18-/m0/s1. The number of nitrogens with one attached hydrogen (secondary N) is 1. The van der Waals surface area contributed by atoms with Gasteiger partial charge in [0.05, 0.1) is 0 Å². The normalized spacial score (nSPS) is 16.4. The van der Waals surface area contributed by atoms with Crippen LogP contribution in [0.4, 0.5) is 10.5 Å². The van der Waals surface area contributed by atoms with Gasteiger partial charge in [0.1, 0.15) is 0 Å². The first-order valence-corrected chi connectivity index (χ1v) is 8.08. The third-order valence-electron chi connectivity index (χ3n) is 4.07. The van der Waals surface area contributed by atoms with Gasteiger partial charge in [0, 0.05) is 42.4 Å². The molecule has 1 aliphatic heterocycles. The van der Waals surface area contributed by atoms with Crippen molar-refractivity contribution in [1.82, 2.24) is 4.90 Å². The zero-order chi connectivity index (χ0) is 16.8. The van der Waals surface area contributed by atoms with Gasteiger partial charge in [-0.1, -0.05) is 36.1 Å². The van der Waals surface area contributed by atoms with E-state index in [1.807, 2.05) is 54.6 Å². The first-order valence-electron chi connectivity index (χ1n) is 8.08. The maximum absolute atomic E-state index is 12.3. The van der Waals surface area contributed by atoms with Crippen LogP contribution in [0.25, 0.3) is 0 Å². The molecule has 2 N–H and O–H groups in total. The molecule has 1 aliphatic rings. The minimum atomic E-state index is -0.126. The van der Waals surface area contributed by atoms with Crippen molar-refractivity contribution in [3.8, 4) is 11.8 Å². The van der Waals surface area contributed by atoms with Gasteiger partial charge in [-0.15, -0.1) is 0 Å². The van der Waals surface area contributed by atoms with E-state index in [9.17, 15) is 9.90 Å². The summed E-state index contributed by atoms with van der Waals surface area (Å²) in [5.74, 6) is 6.41. The highest BCUT2D eigenvalue weighted by Crippen LogP contribution is 2.17. The van der Waals surface area contributed by atoms with Crippen LogP contribution in [0.2, 0.25) is 0 Å². The minimum Gasteiger partial charge on any atom is -0.396 e. The predicted octanol–water partition coefficient (Wildman–Crippen LogP) is 2.93. The average molecular weight is 320 g/mol. The van der Waals surface area contributed by atoms with Crippen LogP contribution >= 0.6 is 0 Å². The summed E-state index contributed by atoms with van der Waals surface area (Å²) in [6.07, 6.45) is 0.854. The molecule has 2 amide bonds. The lowest BCUT2D eigenvalue weighted by molar-refractivity contribution is 0.209. The molecule has 1 heterocycles. The number of carbonyl (C=O) groups is 1. The van der Waals surface area contributed by atoms with Crippen LogP contribution in [0.3, 0.4) is 0 Å². The largest absolute Gasteiger partial charge is 0.396 e. The number of anilines is 1. The molecule has 2 aromatic carbocycles. The van der Waals surface area contributed by atoms with Gasteiger partial charge >= 0.3 is 6.03 Å². The number of hydrogen-bond donors (Lipinski definition) is 2. The van der Waals surface area contributed by atoms with Crippen LogP contribution in [0.5, 0.6) is 0 Å². The summed E-state index contributed by atoms with van der Waals surface area (Å²) in [5.41, 5.74) is 2.54. The Balaban J connectivity index is 1.65. The number of likely N-dealkylation sites (tertiary alicyclic amines) is 1. The van der Waals surface area contributed by atoms with Crippen LogP contribution in [-0.4, -0.2) is 35.7 Å². The molecule has 0 radical (unpaired) electrons. The lowest BCUT2D eigenvalue weighted by Gasteiger charge is -2.17. The highest BCUT2D eigenvalue weighted by Gasteiger charge is 2.25. The van der Waals surface area contributed by atoms with Gasteiger partial charge in [-0.2, -0.15) is 0 Å². The van der Waals surface area contributed by atoms with E-state index in [-0.39, 0.29) is 18.6 Å². The number of carbonyl (C=O) groups excluding carboxylic acids is 1. The van der Waals surface area contributed by atoms with Gasteiger partial charge in [0.25, 0.3) is 0 Å². The Morgan fingerprint density at radius 2 is 1.88 bits per heavy atom. The van der Waals surface area contributed by atoms with E-state index in [0.29, 0.717) is 13.1 Å². The van der Waals surface area contributed by atoms with Gasteiger partial charge in [-0.25, -0.2) is 4.79 Å². The van der Waals surface area contributed by atoms with E-state index >= 15 is 0 Å². The van der Waals surface area contributed by atoms with E-state index in [1.165, 1.54) is 0 Å². The predicted molar refractivity (Wildman–Crippen MR) is 94.6 cm³/mol. The van der Waals surface area contributed by atoms with Crippen molar-refractivity contribution in [3.05, 3.63) is 65.7 Å². The van der Waals surface area contributed by atoms with E-state index < -0.39 is 0 Å². The molecule has 0 unspecified atom stereocenters. The molecule has 0 saturated carbocycles. The summed E-state index contributed by atoms with van der Waals surface area (Å²) in [7, 11) is 0. The first kappa shape index (κ1) is 16.1. The fourth-order valence-corrected chi connectivity index (χ4v) is 2.71. The van der Waals surface area contributed by atoms with E-state index in [2.05, 4.69) is 17.2 Å². The Morgan fingerprint density at radius 1 is 1.12 bits per heavy atom. The maximum atomic E-state index is 12.3. The van der Waals surface area contributed by atoms with Crippen LogP contribution < -0.4 is 5.32 Å². The zero-order valence-corrected chi connectivity index (χ0v) is 13.4. The molecule has 24 heavy (non-hydrogen) atoms. The van der Waals surface area contributed by atoms with Crippen LogP contribution in [-0.2, 0) is 0 Å². The van der Waals surface area contributed by atoms with Crippen LogP contribution in [0.1, 0.15) is 17.5 Å². The summed E-state index contributed by atoms with van der Waals surface area (Å²) in [5, 5.41) is 12.1. The van der Waals surface area contributed by atoms with Crippen molar-refractivity contribution >= 4 is 11.7 Å². The smallest absolute Gasteiger partial charge is 0.321 e. The van der Waals surface area contributed by atoms with Crippen LogP contribution in [0.15, 0.2) is 54.6 Å². The summed E-state index contributed by atoms with van der Waals surface area (Å²) in [4.78, 5) is 14.0. The second kappa shape index (κ2) is 7.67. The van der Waals surface area contributed by atoms with Gasteiger partial charge in [0.2, 0.25) is 0 Å². The number of hydrogen-bond acceptors (Lipinski definition) is 2. The van der Waals surface area contributed by atoms with Crippen molar-refractivity contribution in [2.45, 2.75) is 6.42 Å². The molecule has 122 valence electrons. The molecule has 1 fully saturated rings. The summed E-state index contributed by atoms with van der Waals surface area (Å²) >= 11 is 0. The molecule has 1 atom stereocenters. The van der Waals surface area contributed by atoms with Gasteiger partial charge in [-0.3, -0.25) is 0 Å². The monoisotopic (exact) mass is 320 g/mol. The fraction of sp³-hybridized carbons (Fsp3) is 0.250. The first-order chi connectivity index (χ1) is 11.7. The number of rotatable bonds is 2. The Morgan fingerprint density at radius 3 is 2.62 bits per heavy atom. The molecule has 0 spiro atoms. The van der Waals surface area contributed by atoms with E-state index in [4.69, 9.17) is 0 Å². The Hall–Kier alpha value is -2.77. The summed E-state index contributed by atoms with van der Waals surface area (Å²) in [6.45, 7) is 1.43. The van der Waals surface area contributed by atoms with Crippen LogP contribution in [0, 0.1) is 17.8 Å². The second-order valence-corrected chi connectivity index (χ2v) is 5.91. The molecule has 4 heteroatoms. The van der Waals surface area contributed by atoms with Gasteiger partial charge in [-0.05, 0) is 36.8 Å². The number of benzene rings is 2. The van der Waals surface area contributed by atoms with Crippen molar-refractivity contribution in [3.63, 3.8) is 0 Å². The van der Waals surface area contributed by atoms with E-state index in [1.54, 1.807) is 4.90 Å². The number of nitrogens with zero attached hydrogens (tertiary/aromatic N) is 1. The molecular formula is C20H20N2O2. The molecule has 3 rings (SSSR count). The SMILES string of the molecule is O=C(Nc1cccc(C#Cc2ccccc2)c1)N1CC[C@H](CO)C1. The fourth-order valence-electron chi connectivity index (χ4n) is 2.71. The zero-order valence-electron chi connectivity index (χ0n) is 13.4. The summed E-state index contributed by atoms with van der Waals surface area (Å²) < 4.78 is 0. The molecule has 4 nitrogen and oxygen atoms in total. The van der Waals surface area contributed by atoms with Crippen molar-refractivity contribution in [2.75, 3.05) is 25.0 Å². The lowest BCUT2D eigenvalue weighted by Crippen LogP contribution is -2.33. The highest BCUT2D eigenvalue weighted by molar-refractivity contribution is 5.89.